The number of morpholine rings is 1. The third kappa shape index (κ3) is 6.38. The van der Waals surface area contributed by atoms with Gasteiger partial charge < -0.3 is 10.1 Å². The van der Waals surface area contributed by atoms with Gasteiger partial charge in [0.25, 0.3) is 0 Å². The van der Waals surface area contributed by atoms with E-state index in [1.165, 1.54) is 21.6 Å². The summed E-state index contributed by atoms with van der Waals surface area (Å²) in [6.45, 7) is 9.26. The summed E-state index contributed by atoms with van der Waals surface area (Å²) in [5.74, 6) is 0.511. The molecule has 4 nitrogen and oxygen atoms in total. The lowest BCUT2D eigenvalue weighted by atomic mass is 10.1. The normalized spacial score (nSPS) is 14.9. The number of carbonyl (C=O) groups is 1. The lowest BCUT2D eigenvalue weighted by Gasteiger charge is -2.26. The molecule has 0 aliphatic carbocycles. The summed E-state index contributed by atoms with van der Waals surface area (Å²) in [6.07, 6.45) is 0. The molecule has 1 aliphatic rings. The number of benzene rings is 2. The Hall–Kier alpha value is -1.82. The highest BCUT2D eigenvalue weighted by Crippen LogP contribution is 2.23. The Morgan fingerprint density at radius 2 is 1.89 bits per heavy atom. The van der Waals surface area contributed by atoms with Gasteiger partial charge in [-0.1, -0.05) is 42.0 Å². The number of thioether (sulfide) groups is 1. The maximum Gasteiger partial charge on any atom is 0.230 e. The fourth-order valence-electron chi connectivity index (χ4n) is 3.11. The molecule has 0 saturated carbocycles. The van der Waals surface area contributed by atoms with E-state index in [1.807, 2.05) is 0 Å². The minimum Gasteiger partial charge on any atom is -0.379 e. The number of hydrogen-bond donors (Lipinski definition) is 1. The fourth-order valence-corrected chi connectivity index (χ4v) is 4.07. The third-order valence-electron chi connectivity index (χ3n) is 4.69. The van der Waals surface area contributed by atoms with Gasteiger partial charge in [0.2, 0.25) is 5.91 Å². The highest BCUT2D eigenvalue weighted by Gasteiger charge is 2.11. The highest BCUT2D eigenvalue weighted by atomic mass is 32.2. The van der Waals surface area contributed by atoms with E-state index in [0.29, 0.717) is 12.3 Å². The molecule has 144 valence electrons. The van der Waals surface area contributed by atoms with Crippen molar-refractivity contribution in [2.45, 2.75) is 31.8 Å². The first-order valence-electron chi connectivity index (χ1n) is 9.45. The van der Waals surface area contributed by atoms with Crippen LogP contribution in [0.2, 0.25) is 0 Å². The molecule has 1 fully saturated rings. The molecular formula is C22H28N2O2S. The number of aryl methyl sites for hydroxylation is 2. The van der Waals surface area contributed by atoms with Gasteiger partial charge in [0.05, 0.1) is 19.0 Å². The zero-order chi connectivity index (χ0) is 19.1. The molecule has 1 aliphatic heterocycles. The molecule has 1 heterocycles. The Labute approximate surface area is 166 Å². The van der Waals surface area contributed by atoms with Crippen LogP contribution in [-0.4, -0.2) is 42.9 Å². The van der Waals surface area contributed by atoms with Crippen LogP contribution in [0.3, 0.4) is 0 Å². The first-order chi connectivity index (χ1) is 13.1. The molecular weight excluding hydrogens is 356 g/mol. The Morgan fingerprint density at radius 1 is 1.11 bits per heavy atom. The summed E-state index contributed by atoms with van der Waals surface area (Å²) in [7, 11) is 0. The van der Waals surface area contributed by atoms with Gasteiger partial charge in [-0.3, -0.25) is 9.69 Å². The van der Waals surface area contributed by atoms with E-state index in [-0.39, 0.29) is 5.91 Å². The van der Waals surface area contributed by atoms with Crippen molar-refractivity contribution < 1.29 is 9.53 Å². The van der Waals surface area contributed by atoms with Gasteiger partial charge in [0.15, 0.2) is 0 Å². The van der Waals surface area contributed by atoms with Crippen molar-refractivity contribution in [3.63, 3.8) is 0 Å². The number of nitrogens with one attached hydrogen (secondary N) is 1. The number of rotatable bonds is 7. The van der Waals surface area contributed by atoms with Gasteiger partial charge in [0, 0.05) is 31.1 Å². The quantitative estimate of drug-likeness (QED) is 0.742. The molecule has 2 aromatic carbocycles. The maximum absolute atomic E-state index is 12.2. The molecule has 0 unspecified atom stereocenters. The van der Waals surface area contributed by atoms with Gasteiger partial charge in [0.1, 0.15) is 0 Å². The van der Waals surface area contributed by atoms with E-state index in [0.717, 1.165) is 38.4 Å². The molecule has 0 radical (unpaired) electrons. The molecule has 2 aromatic rings. The van der Waals surface area contributed by atoms with Gasteiger partial charge in [-0.15, -0.1) is 11.8 Å². The standard InChI is InChI=1S/C22H28N2O2S/c1-17-6-7-18(2)21(12-17)27-16-22(25)23-14-19-4-3-5-20(13-19)15-24-8-10-26-11-9-24/h3-7,12-13H,8-11,14-16H2,1-2H3,(H,23,25). The van der Waals surface area contributed by atoms with Crippen molar-refractivity contribution >= 4 is 17.7 Å². The van der Waals surface area contributed by atoms with E-state index in [9.17, 15) is 4.79 Å². The molecule has 0 atom stereocenters. The Bertz CT molecular complexity index is 773. The van der Waals surface area contributed by atoms with Gasteiger partial charge in [-0.25, -0.2) is 0 Å². The largest absolute Gasteiger partial charge is 0.379 e. The minimum atomic E-state index is 0.0690. The average Bonchev–Trinajstić information content (AvgIpc) is 2.68. The monoisotopic (exact) mass is 384 g/mol. The second-order valence-corrected chi connectivity index (χ2v) is 8.06. The molecule has 0 bridgehead atoms. The summed E-state index contributed by atoms with van der Waals surface area (Å²) >= 11 is 1.60. The van der Waals surface area contributed by atoms with Crippen LogP contribution in [0.4, 0.5) is 0 Å². The Balaban J connectivity index is 1.47. The van der Waals surface area contributed by atoms with E-state index < -0.39 is 0 Å². The van der Waals surface area contributed by atoms with Crippen LogP contribution in [0, 0.1) is 13.8 Å². The van der Waals surface area contributed by atoms with E-state index in [4.69, 9.17) is 4.74 Å². The Kier molecular flexibility index (Phi) is 7.33. The predicted octanol–water partition coefficient (Wildman–Crippen LogP) is 3.54. The maximum atomic E-state index is 12.2. The van der Waals surface area contributed by atoms with Crippen molar-refractivity contribution in [1.29, 1.82) is 0 Å². The lowest BCUT2D eigenvalue weighted by Crippen LogP contribution is -2.35. The molecule has 3 rings (SSSR count). The van der Waals surface area contributed by atoms with Crippen molar-refractivity contribution in [1.82, 2.24) is 10.2 Å². The van der Waals surface area contributed by atoms with Gasteiger partial charge in [-0.2, -0.15) is 0 Å². The number of carbonyl (C=O) groups excluding carboxylic acids is 1. The van der Waals surface area contributed by atoms with Crippen LogP contribution in [0.15, 0.2) is 47.4 Å². The summed E-state index contributed by atoms with van der Waals surface area (Å²) in [6, 6.07) is 14.8. The van der Waals surface area contributed by atoms with Crippen molar-refractivity contribution in [3.8, 4) is 0 Å². The second-order valence-electron chi connectivity index (χ2n) is 7.04. The van der Waals surface area contributed by atoms with E-state index >= 15 is 0 Å². The van der Waals surface area contributed by atoms with Crippen LogP contribution < -0.4 is 5.32 Å². The number of ether oxygens (including phenoxy) is 1. The molecule has 1 saturated heterocycles. The van der Waals surface area contributed by atoms with E-state index in [2.05, 4.69) is 66.5 Å². The zero-order valence-corrected chi connectivity index (χ0v) is 17.0. The van der Waals surface area contributed by atoms with Crippen LogP contribution in [-0.2, 0) is 22.6 Å². The third-order valence-corrected chi connectivity index (χ3v) is 5.85. The number of amides is 1. The van der Waals surface area contributed by atoms with Gasteiger partial charge in [-0.05, 0) is 36.6 Å². The highest BCUT2D eigenvalue weighted by molar-refractivity contribution is 8.00. The average molecular weight is 385 g/mol. The molecule has 1 amide bonds. The van der Waals surface area contributed by atoms with Crippen LogP contribution in [0.25, 0.3) is 0 Å². The topological polar surface area (TPSA) is 41.6 Å². The molecule has 5 heteroatoms. The first-order valence-corrected chi connectivity index (χ1v) is 10.4. The fraction of sp³-hybridized carbons (Fsp3) is 0.409. The number of nitrogens with zero attached hydrogens (tertiary/aromatic N) is 1. The summed E-state index contributed by atoms with van der Waals surface area (Å²) in [5.41, 5.74) is 4.87. The first kappa shape index (κ1) is 19.9. The predicted molar refractivity (Wildman–Crippen MR) is 111 cm³/mol. The van der Waals surface area contributed by atoms with Crippen molar-refractivity contribution in [2.24, 2.45) is 0 Å². The summed E-state index contributed by atoms with van der Waals surface area (Å²) in [5, 5.41) is 3.04. The number of hydrogen-bond acceptors (Lipinski definition) is 4. The molecule has 0 aromatic heterocycles. The van der Waals surface area contributed by atoms with Crippen molar-refractivity contribution in [3.05, 3.63) is 64.7 Å². The Morgan fingerprint density at radius 3 is 2.70 bits per heavy atom. The molecule has 0 spiro atoms. The summed E-state index contributed by atoms with van der Waals surface area (Å²) < 4.78 is 5.40. The molecule has 27 heavy (non-hydrogen) atoms. The van der Waals surface area contributed by atoms with Crippen LogP contribution >= 0.6 is 11.8 Å². The zero-order valence-electron chi connectivity index (χ0n) is 16.2. The van der Waals surface area contributed by atoms with E-state index in [1.54, 1.807) is 11.8 Å². The van der Waals surface area contributed by atoms with Crippen molar-refractivity contribution in [2.75, 3.05) is 32.1 Å². The van der Waals surface area contributed by atoms with Crippen LogP contribution in [0.1, 0.15) is 22.3 Å². The molecule has 1 N–H and O–H groups in total. The lowest BCUT2D eigenvalue weighted by molar-refractivity contribution is -0.118. The summed E-state index contributed by atoms with van der Waals surface area (Å²) in [4.78, 5) is 15.8. The smallest absolute Gasteiger partial charge is 0.230 e. The van der Waals surface area contributed by atoms with Crippen LogP contribution in [0.5, 0.6) is 0 Å². The minimum absolute atomic E-state index is 0.0690. The SMILES string of the molecule is Cc1ccc(C)c(SCC(=O)NCc2cccc(CN3CCOCC3)c2)c1. The van der Waals surface area contributed by atoms with Gasteiger partial charge >= 0.3 is 0 Å². The second kappa shape index (κ2) is 9.93.